The molecule has 80 valence electrons. The third kappa shape index (κ3) is 2.56. The lowest BCUT2D eigenvalue weighted by molar-refractivity contribution is -0.116. The standard InChI is InChI=1S/C8H10N4O3/c9-5(13)3-12-7-6(10)4(8(14)15)1-2-11-7/h1-2H,3,10H2,(H2,9,13)(H,11,12)(H,14,15). The number of anilines is 2. The molecule has 0 aromatic carbocycles. The maximum absolute atomic E-state index is 10.7. The summed E-state index contributed by atoms with van der Waals surface area (Å²) in [4.78, 5) is 24.9. The number of carbonyl (C=O) groups is 2. The van der Waals surface area contributed by atoms with E-state index in [9.17, 15) is 9.59 Å². The van der Waals surface area contributed by atoms with Gasteiger partial charge in [-0.05, 0) is 6.07 Å². The molecule has 0 saturated carbocycles. The molecule has 0 radical (unpaired) electrons. The van der Waals surface area contributed by atoms with Crippen molar-refractivity contribution in [3.8, 4) is 0 Å². The van der Waals surface area contributed by atoms with Crippen LogP contribution in [0.2, 0.25) is 0 Å². The Hall–Kier alpha value is -2.31. The van der Waals surface area contributed by atoms with Crippen molar-refractivity contribution in [2.75, 3.05) is 17.6 Å². The Balaban J connectivity index is 2.94. The van der Waals surface area contributed by atoms with Crippen LogP contribution in [0.3, 0.4) is 0 Å². The lowest BCUT2D eigenvalue weighted by Gasteiger charge is -2.07. The van der Waals surface area contributed by atoms with E-state index in [1.54, 1.807) is 0 Å². The van der Waals surface area contributed by atoms with Crippen LogP contribution in [0.5, 0.6) is 0 Å². The van der Waals surface area contributed by atoms with Gasteiger partial charge in [-0.2, -0.15) is 0 Å². The second-order valence-corrected chi connectivity index (χ2v) is 2.75. The van der Waals surface area contributed by atoms with Gasteiger partial charge >= 0.3 is 5.97 Å². The van der Waals surface area contributed by atoms with Crippen LogP contribution in [0.15, 0.2) is 12.3 Å². The summed E-state index contributed by atoms with van der Waals surface area (Å²) < 4.78 is 0. The Kier molecular flexibility index (Phi) is 3.06. The average molecular weight is 210 g/mol. The monoisotopic (exact) mass is 210 g/mol. The lowest BCUT2D eigenvalue weighted by Crippen LogP contribution is -2.23. The smallest absolute Gasteiger partial charge is 0.337 e. The Bertz CT molecular complexity index is 405. The molecule has 1 aromatic rings. The second-order valence-electron chi connectivity index (χ2n) is 2.75. The fraction of sp³-hybridized carbons (Fsp3) is 0.125. The molecular weight excluding hydrogens is 200 g/mol. The summed E-state index contributed by atoms with van der Waals surface area (Å²) in [6.07, 6.45) is 1.28. The van der Waals surface area contributed by atoms with Crippen LogP contribution in [-0.4, -0.2) is 28.5 Å². The zero-order chi connectivity index (χ0) is 11.4. The van der Waals surface area contributed by atoms with E-state index < -0.39 is 11.9 Å². The Labute approximate surface area is 85.1 Å². The Morgan fingerprint density at radius 2 is 2.20 bits per heavy atom. The number of rotatable bonds is 4. The number of primary amides is 1. The molecular formula is C8H10N4O3. The predicted octanol–water partition coefficient (Wildman–Crippen LogP) is -0.741. The van der Waals surface area contributed by atoms with Gasteiger partial charge in [0.05, 0.1) is 17.8 Å². The van der Waals surface area contributed by atoms with Crippen LogP contribution in [0.4, 0.5) is 11.5 Å². The summed E-state index contributed by atoms with van der Waals surface area (Å²) in [7, 11) is 0. The molecule has 0 spiro atoms. The number of nitrogens with one attached hydrogen (secondary N) is 1. The molecule has 0 aliphatic carbocycles. The zero-order valence-corrected chi connectivity index (χ0v) is 7.73. The SMILES string of the molecule is NC(=O)CNc1nccc(C(=O)O)c1N. The van der Waals surface area contributed by atoms with Gasteiger partial charge in [0.15, 0.2) is 0 Å². The summed E-state index contributed by atoms with van der Waals surface area (Å²) in [5, 5.41) is 11.3. The molecule has 0 aliphatic rings. The fourth-order valence-corrected chi connectivity index (χ4v) is 0.971. The topological polar surface area (TPSA) is 131 Å². The van der Waals surface area contributed by atoms with Gasteiger partial charge in [0, 0.05) is 6.20 Å². The van der Waals surface area contributed by atoms with E-state index in [1.165, 1.54) is 12.3 Å². The first-order valence-electron chi connectivity index (χ1n) is 4.02. The van der Waals surface area contributed by atoms with Crippen molar-refractivity contribution in [3.05, 3.63) is 17.8 Å². The van der Waals surface area contributed by atoms with Gasteiger partial charge in [0.2, 0.25) is 5.91 Å². The molecule has 15 heavy (non-hydrogen) atoms. The van der Waals surface area contributed by atoms with Crippen LogP contribution in [-0.2, 0) is 4.79 Å². The molecule has 1 amide bonds. The minimum atomic E-state index is -1.16. The quantitative estimate of drug-likeness (QED) is 0.517. The zero-order valence-electron chi connectivity index (χ0n) is 7.73. The van der Waals surface area contributed by atoms with Gasteiger partial charge in [-0.25, -0.2) is 9.78 Å². The largest absolute Gasteiger partial charge is 0.478 e. The summed E-state index contributed by atoms with van der Waals surface area (Å²) in [6.45, 7) is -0.153. The fourth-order valence-electron chi connectivity index (χ4n) is 0.971. The van der Waals surface area contributed by atoms with Crippen LogP contribution in [0.25, 0.3) is 0 Å². The highest BCUT2D eigenvalue weighted by Gasteiger charge is 2.11. The molecule has 1 heterocycles. The summed E-state index contributed by atoms with van der Waals surface area (Å²) in [5.41, 5.74) is 10.3. The van der Waals surface area contributed by atoms with Crippen molar-refractivity contribution in [3.63, 3.8) is 0 Å². The van der Waals surface area contributed by atoms with Crippen LogP contribution in [0, 0.1) is 0 Å². The number of hydrogen-bond donors (Lipinski definition) is 4. The summed E-state index contributed by atoms with van der Waals surface area (Å²) >= 11 is 0. The van der Waals surface area contributed by atoms with Crippen molar-refractivity contribution in [2.24, 2.45) is 5.73 Å². The van der Waals surface area contributed by atoms with E-state index in [4.69, 9.17) is 16.6 Å². The number of nitrogens with zero attached hydrogens (tertiary/aromatic N) is 1. The first kappa shape index (κ1) is 10.8. The predicted molar refractivity (Wildman–Crippen MR) is 53.3 cm³/mol. The number of hydrogen-bond acceptors (Lipinski definition) is 5. The first-order valence-corrected chi connectivity index (χ1v) is 4.02. The summed E-state index contributed by atoms with van der Waals surface area (Å²) in [5.74, 6) is -1.61. The normalized spacial score (nSPS) is 9.60. The summed E-state index contributed by atoms with van der Waals surface area (Å²) in [6, 6.07) is 1.27. The van der Waals surface area contributed by atoms with Crippen LogP contribution in [0.1, 0.15) is 10.4 Å². The average Bonchev–Trinajstić information content (AvgIpc) is 2.15. The number of nitrogens with two attached hydrogens (primary N) is 2. The molecule has 0 unspecified atom stereocenters. The Morgan fingerprint density at radius 3 is 2.73 bits per heavy atom. The molecule has 0 fully saturated rings. The van der Waals surface area contributed by atoms with Gasteiger partial charge in [0.1, 0.15) is 5.82 Å². The van der Waals surface area contributed by atoms with Crippen molar-refractivity contribution < 1.29 is 14.7 Å². The van der Waals surface area contributed by atoms with Crippen molar-refractivity contribution in [2.45, 2.75) is 0 Å². The van der Waals surface area contributed by atoms with E-state index in [0.29, 0.717) is 0 Å². The highest BCUT2D eigenvalue weighted by atomic mass is 16.4. The molecule has 1 aromatic heterocycles. The molecule has 1 rings (SSSR count). The first-order chi connectivity index (χ1) is 7.02. The van der Waals surface area contributed by atoms with Crippen molar-refractivity contribution >= 4 is 23.4 Å². The number of aromatic carboxylic acids is 1. The minimum Gasteiger partial charge on any atom is -0.478 e. The second kappa shape index (κ2) is 4.27. The van der Waals surface area contributed by atoms with E-state index in [-0.39, 0.29) is 23.6 Å². The van der Waals surface area contributed by atoms with Crippen LogP contribution < -0.4 is 16.8 Å². The highest BCUT2D eigenvalue weighted by Crippen LogP contribution is 2.19. The van der Waals surface area contributed by atoms with E-state index in [2.05, 4.69) is 10.3 Å². The van der Waals surface area contributed by atoms with Gasteiger partial charge < -0.3 is 21.9 Å². The highest BCUT2D eigenvalue weighted by molar-refractivity contribution is 5.96. The molecule has 7 nitrogen and oxygen atoms in total. The number of pyridine rings is 1. The lowest BCUT2D eigenvalue weighted by atomic mass is 10.2. The number of aromatic nitrogens is 1. The molecule has 0 atom stereocenters. The minimum absolute atomic E-state index is 0.0220. The Morgan fingerprint density at radius 1 is 1.53 bits per heavy atom. The van der Waals surface area contributed by atoms with Crippen molar-refractivity contribution in [1.82, 2.24) is 4.98 Å². The van der Waals surface area contributed by atoms with Gasteiger partial charge in [-0.15, -0.1) is 0 Å². The maximum atomic E-state index is 10.7. The van der Waals surface area contributed by atoms with Gasteiger partial charge in [0.25, 0.3) is 0 Å². The van der Waals surface area contributed by atoms with E-state index in [0.717, 1.165) is 0 Å². The number of amides is 1. The number of carboxylic acid groups (broad SMARTS) is 1. The molecule has 7 heteroatoms. The molecule has 0 saturated heterocycles. The number of carboxylic acids is 1. The maximum Gasteiger partial charge on any atom is 0.337 e. The number of carbonyl (C=O) groups excluding carboxylic acids is 1. The van der Waals surface area contributed by atoms with Gasteiger partial charge in [-0.3, -0.25) is 4.79 Å². The third-order valence-corrected chi connectivity index (χ3v) is 1.65. The van der Waals surface area contributed by atoms with E-state index >= 15 is 0 Å². The third-order valence-electron chi connectivity index (χ3n) is 1.65. The van der Waals surface area contributed by atoms with Crippen LogP contribution >= 0.6 is 0 Å². The van der Waals surface area contributed by atoms with E-state index in [1.807, 2.05) is 0 Å². The molecule has 0 bridgehead atoms. The molecule has 0 aliphatic heterocycles. The van der Waals surface area contributed by atoms with Gasteiger partial charge in [-0.1, -0.05) is 0 Å². The molecule has 6 N–H and O–H groups in total. The van der Waals surface area contributed by atoms with Crippen molar-refractivity contribution in [1.29, 1.82) is 0 Å². The number of nitrogen functional groups attached to an aromatic ring is 1.